The lowest BCUT2D eigenvalue weighted by Crippen LogP contribution is -2.55. The molecule has 3 rings (SSSR count). The van der Waals surface area contributed by atoms with Crippen LogP contribution < -0.4 is 10.2 Å². The van der Waals surface area contributed by atoms with E-state index in [1.54, 1.807) is 21.0 Å². The van der Waals surface area contributed by atoms with Crippen LogP contribution in [0, 0.1) is 6.92 Å². The van der Waals surface area contributed by atoms with Gasteiger partial charge in [0.15, 0.2) is 0 Å². The minimum absolute atomic E-state index is 0.102. The highest BCUT2D eigenvalue weighted by Gasteiger charge is 2.33. The van der Waals surface area contributed by atoms with Crippen molar-refractivity contribution in [3.8, 4) is 0 Å². The van der Waals surface area contributed by atoms with Gasteiger partial charge in [0.1, 0.15) is 6.61 Å². The van der Waals surface area contributed by atoms with Gasteiger partial charge in [-0.1, -0.05) is 30.3 Å². The number of amides is 1. The fraction of sp³-hybridized carbons (Fsp3) is 0.476. The Balaban J connectivity index is 1.56. The van der Waals surface area contributed by atoms with E-state index in [0.717, 1.165) is 5.56 Å². The highest BCUT2D eigenvalue weighted by atomic mass is 16.6. The Morgan fingerprint density at radius 2 is 2.03 bits per heavy atom. The van der Waals surface area contributed by atoms with E-state index in [4.69, 9.17) is 18.6 Å². The molecule has 2 aromatic rings. The van der Waals surface area contributed by atoms with Gasteiger partial charge in [0, 0.05) is 13.7 Å². The van der Waals surface area contributed by atoms with Crippen molar-refractivity contribution in [2.24, 2.45) is 0 Å². The maximum atomic E-state index is 12.2. The van der Waals surface area contributed by atoms with Gasteiger partial charge in [0.2, 0.25) is 5.76 Å². The van der Waals surface area contributed by atoms with Crippen LogP contribution >= 0.6 is 0 Å². The van der Waals surface area contributed by atoms with Crippen LogP contribution in [0.3, 0.4) is 0 Å². The molecule has 1 N–H and O–H groups in total. The first-order chi connectivity index (χ1) is 14.5. The number of nitrogens with one attached hydrogen (secondary N) is 1. The molecule has 1 aromatic carbocycles. The van der Waals surface area contributed by atoms with Crippen molar-refractivity contribution in [3.63, 3.8) is 0 Å². The zero-order valence-corrected chi connectivity index (χ0v) is 17.4. The summed E-state index contributed by atoms with van der Waals surface area (Å²) in [4.78, 5) is 30.4. The molecule has 0 unspecified atom stereocenters. The predicted molar refractivity (Wildman–Crippen MR) is 108 cm³/mol. The Morgan fingerprint density at radius 1 is 1.27 bits per heavy atom. The molecule has 0 radical (unpaired) electrons. The molecule has 0 spiro atoms. The number of aromatic nitrogens is 1. The summed E-state index contributed by atoms with van der Waals surface area (Å²) in [5.74, 6) is -0.430. The third-order valence-corrected chi connectivity index (χ3v) is 4.89. The van der Waals surface area contributed by atoms with Gasteiger partial charge in [0.05, 0.1) is 31.0 Å². The highest BCUT2D eigenvalue weighted by Crippen LogP contribution is 2.24. The minimum Gasteiger partial charge on any atom is -0.460 e. The summed E-state index contributed by atoms with van der Waals surface area (Å²) < 4.78 is 21.5. The molecule has 1 aromatic heterocycles. The predicted octanol–water partition coefficient (Wildman–Crippen LogP) is 2.68. The van der Waals surface area contributed by atoms with Crippen molar-refractivity contribution in [3.05, 3.63) is 47.3 Å². The number of esters is 1. The number of hydrogen-bond acceptors (Lipinski definition) is 8. The van der Waals surface area contributed by atoms with Crippen LogP contribution in [0.5, 0.6) is 0 Å². The summed E-state index contributed by atoms with van der Waals surface area (Å²) in [5, 5.41) is 2.88. The van der Waals surface area contributed by atoms with Crippen molar-refractivity contribution in [1.82, 2.24) is 10.3 Å². The van der Waals surface area contributed by atoms with Crippen molar-refractivity contribution in [2.45, 2.75) is 39.0 Å². The number of carbonyl (C=O) groups is 2. The Labute approximate surface area is 175 Å². The average Bonchev–Trinajstić information content (AvgIpc) is 3.15. The number of nitrogens with zero attached hydrogens (tertiary/aromatic N) is 2. The molecule has 0 saturated carbocycles. The van der Waals surface area contributed by atoms with E-state index in [2.05, 4.69) is 10.3 Å². The standard InChI is InChI=1S/C21H27N3O6/c1-4-28-19(25)18-14(2)22-20(30-18)24-11-10-16(17(12-24)27-3)23-21(26)29-13-15-8-6-5-7-9-15/h5-9,16-17H,4,10-13H2,1-3H3,(H,23,26)/t16-,17+/m1/s1. The molecule has 162 valence electrons. The molecule has 1 aliphatic heterocycles. The quantitative estimate of drug-likeness (QED) is 0.686. The SMILES string of the molecule is CCOC(=O)c1oc(N2CC[C@@H](NC(=O)OCc3ccccc3)[C@@H](OC)C2)nc1C. The van der Waals surface area contributed by atoms with E-state index < -0.39 is 12.1 Å². The molecule has 1 fully saturated rings. The molecule has 0 bridgehead atoms. The van der Waals surface area contributed by atoms with E-state index in [9.17, 15) is 9.59 Å². The van der Waals surface area contributed by atoms with Gasteiger partial charge in [-0.3, -0.25) is 0 Å². The van der Waals surface area contributed by atoms with Gasteiger partial charge in [-0.25, -0.2) is 9.59 Å². The fourth-order valence-corrected chi connectivity index (χ4v) is 3.31. The Kier molecular flexibility index (Phi) is 7.29. The van der Waals surface area contributed by atoms with Crippen molar-refractivity contribution in [1.29, 1.82) is 0 Å². The molecule has 9 nitrogen and oxygen atoms in total. The van der Waals surface area contributed by atoms with Gasteiger partial charge in [-0.15, -0.1) is 0 Å². The summed E-state index contributed by atoms with van der Waals surface area (Å²) in [5.41, 5.74) is 1.39. The third-order valence-electron chi connectivity index (χ3n) is 4.89. The van der Waals surface area contributed by atoms with Crippen LogP contribution in [0.25, 0.3) is 0 Å². The van der Waals surface area contributed by atoms with Crippen LogP contribution in [0.4, 0.5) is 10.8 Å². The average molecular weight is 417 g/mol. The van der Waals surface area contributed by atoms with Gasteiger partial charge in [0.25, 0.3) is 6.01 Å². The molecule has 1 amide bonds. The van der Waals surface area contributed by atoms with Crippen molar-refractivity contribution >= 4 is 18.1 Å². The van der Waals surface area contributed by atoms with E-state index in [-0.39, 0.29) is 31.1 Å². The smallest absolute Gasteiger partial charge is 0.407 e. The summed E-state index contributed by atoms with van der Waals surface area (Å²) >= 11 is 0. The minimum atomic E-state index is -0.533. The topological polar surface area (TPSA) is 103 Å². The lowest BCUT2D eigenvalue weighted by molar-refractivity contribution is 0.0481. The number of rotatable bonds is 7. The van der Waals surface area contributed by atoms with E-state index >= 15 is 0 Å². The number of methoxy groups -OCH3 is 1. The number of benzene rings is 1. The number of anilines is 1. The first-order valence-corrected chi connectivity index (χ1v) is 9.91. The number of alkyl carbamates (subject to hydrolysis) is 1. The van der Waals surface area contributed by atoms with Gasteiger partial charge >= 0.3 is 12.1 Å². The number of piperidine rings is 1. The van der Waals surface area contributed by atoms with E-state index in [1.165, 1.54) is 0 Å². The molecule has 30 heavy (non-hydrogen) atoms. The zero-order valence-electron chi connectivity index (χ0n) is 17.4. The lowest BCUT2D eigenvalue weighted by atomic mass is 10.0. The van der Waals surface area contributed by atoms with Crippen molar-refractivity contribution in [2.75, 3.05) is 31.7 Å². The third kappa shape index (κ3) is 5.29. The lowest BCUT2D eigenvalue weighted by Gasteiger charge is -2.37. The van der Waals surface area contributed by atoms with E-state index in [0.29, 0.717) is 31.2 Å². The monoisotopic (exact) mass is 417 g/mol. The summed E-state index contributed by atoms with van der Waals surface area (Å²) in [6.07, 6.45) is -0.174. The second-order valence-electron chi connectivity index (χ2n) is 6.95. The van der Waals surface area contributed by atoms with Crippen molar-refractivity contribution < 1.29 is 28.2 Å². The molecule has 1 aliphatic rings. The molecular weight excluding hydrogens is 390 g/mol. The molecule has 2 heterocycles. The van der Waals surface area contributed by atoms with Gasteiger partial charge < -0.3 is 28.8 Å². The van der Waals surface area contributed by atoms with Crippen LogP contribution in [0.15, 0.2) is 34.7 Å². The van der Waals surface area contributed by atoms with Crippen LogP contribution in [0.1, 0.15) is 35.2 Å². The largest absolute Gasteiger partial charge is 0.460 e. The Morgan fingerprint density at radius 3 is 2.73 bits per heavy atom. The summed E-state index contributed by atoms with van der Waals surface area (Å²) in [7, 11) is 1.59. The van der Waals surface area contributed by atoms with Gasteiger partial charge in [-0.2, -0.15) is 4.98 Å². The summed E-state index contributed by atoms with van der Waals surface area (Å²) in [6, 6.07) is 9.61. The molecule has 2 atom stereocenters. The Hall–Kier alpha value is -3.07. The maximum absolute atomic E-state index is 12.2. The van der Waals surface area contributed by atoms with E-state index in [1.807, 2.05) is 35.2 Å². The second-order valence-corrected chi connectivity index (χ2v) is 6.95. The molecule has 9 heteroatoms. The second kappa shape index (κ2) is 10.1. The van der Waals surface area contributed by atoms with Crippen LogP contribution in [-0.2, 0) is 20.8 Å². The molecular formula is C21H27N3O6. The Bertz CT molecular complexity index is 854. The fourth-order valence-electron chi connectivity index (χ4n) is 3.31. The number of carbonyl (C=O) groups excluding carboxylic acids is 2. The highest BCUT2D eigenvalue weighted by molar-refractivity contribution is 5.87. The normalized spacial score (nSPS) is 18.7. The van der Waals surface area contributed by atoms with Crippen LogP contribution in [-0.4, -0.2) is 56.0 Å². The number of ether oxygens (including phenoxy) is 3. The van der Waals surface area contributed by atoms with Gasteiger partial charge in [-0.05, 0) is 25.8 Å². The number of aryl methyl sites for hydroxylation is 1. The number of hydrogen-bond donors (Lipinski definition) is 1. The van der Waals surface area contributed by atoms with Crippen LogP contribution in [0.2, 0.25) is 0 Å². The first-order valence-electron chi connectivity index (χ1n) is 9.91. The first kappa shape index (κ1) is 21.6. The zero-order chi connectivity index (χ0) is 21.5. The summed E-state index contributed by atoms with van der Waals surface area (Å²) in [6.45, 7) is 4.92. The maximum Gasteiger partial charge on any atom is 0.407 e. The number of oxazole rings is 1. The molecule has 1 saturated heterocycles. The molecule has 0 aliphatic carbocycles.